The highest BCUT2D eigenvalue weighted by molar-refractivity contribution is 7.90. The number of rotatable bonds is 11. The molecule has 0 amide bonds. The van der Waals surface area contributed by atoms with Gasteiger partial charge in [0.05, 0.1) is 17.2 Å². The molecule has 2 aromatic carbocycles. The number of carbonyl (C=O) groups excluding carboxylic acids is 1. The SMILES string of the molecule is CCOC(=O)CN(Cc1ccc(OCc2nc(-c3cccs3)oc2C)cc1)S(=O)(=O)N1CCc2ccccc21. The highest BCUT2D eigenvalue weighted by Crippen LogP contribution is 2.32. The largest absolute Gasteiger partial charge is 0.487 e. The van der Waals surface area contributed by atoms with Crippen molar-refractivity contribution in [1.82, 2.24) is 9.29 Å². The van der Waals surface area contributed by atoms with Crippen molar-refractivity contribution in [2.45, 2.75) is 33.4 Å². The first-order chi connectivity index (χ1) is 18.8. The molecule has 0 bridgehead atoms. The fourth-order valence-electron chi connectivity index (χ4n) is 4.37. The molecule has 0 aliphatic carbocycles. The van der Waals surface area contributed by atoms with Crippen LogP contribution in [-0.2, 0) is 39.3 Å². The quantitative estimate of drug-likeness (QED) is 0.236. The Morgan fingerprint density at radius 1 is 1.13 bits per heavy atom. The number of hydrogen-bond acceptors (Lipinski definition) is 8. The van der Waals surface area contributed by atoms with Crippen LogP contribution in [0.1, 0.15) is 29.5 Å². The summed E-state index contributed by atoms with van der Waals surface area (Å²) in [5.41, 5.74) is 3.02. The van der Waals surface area contributed by atoms with E-state index in [0.29, 0.717) is 47.3 Å². The van der Waals surface area contributed by atoms with Gasteiger partial charge in [-0.2, -0.15) is 12.7 Å². The number of hydrogen-bond donors (Lipinski definition) is 0. The molecular weight excluding hydrogens is 538 g/mol. The number of para-hydroxylation sites is 1. The summed E-state index contributed by atoms with van der Waals surface area (Å²) in [6.45, 7) is 3.89. The van der Waals surface area contributed by atoms with Crippen molar-refractivity contribution >= 4 is 33.2 Å². The summed E-state index contributed by atoms with van der Waals surface area (Å²) in [6, 6.07) is 18.4. The molecule has 1 aliphatic rings. The van der Waals surface area contributed by atoms with Crippen molar-refractivity contribution in [1.29, 1.82) is 0 Å². The number of carbonyl (C=O) groups is 1. The zero-order valence-corrected chi connectivity index (χ0v) is 23.3. The third kappa shape index (κ3) is 6.00. The first-order valence-corrected chi connectivity index (χ1v) is 14.9. The van der Waals surface area contributed by atoms with Crippen LogP contribution >= 0.6 is 11.3 Å². The minimum Gasteiger partial charge on any atom is -0.487 e. The average molecular weight is 568 g/mol. The fourth-order valence-corrected chi connectivity index (χ4v) is 6.63. The molecule has 39 heavy (non-hydrogen) atoms. The van der Waals surface area contributed by atoms with Crippen molar-refractivity contribution < 1.29 is 27.1 Å². The lowest BCUT2D eigenvalue weighted by atomic mass is 10.2. The molecule has 2 aromatic heterocycles. The van der Waals surface area contributed by atoms with Gasteiger partial charge in [0.25, 0.3) is 0 Å². The Hall–Kier alpha value is -3.67. The predicted octanol–water partition coefficient (Wildman–Crippen LogP) is 4.96. The maximum absolute atomic E-state index is 13.7. The van der Waals surface area contributed by atoms with E-state index in [1.165, 1.54) is 4.31 Å². The summed E-state index contributed by atoms with van der Waals surface area (Å²) in [5, 5.41) is 1.97. The van der Waals surface area contributed by atoms with E-state index in [9.17, 15) is 13.2 Å². The highest BCUT2D eigenvalue weighted by Gasteiger charge is 2.35. The van der Waals surface area contributed by atoms with E-state index < -0.39 is 16.2 Å². The molecule has 0 unspecified atom stereocenters. The molecule has 0 saturated carbocycles. The van der Waals surface area contributed by atoms with Gasteiger partial charge >= 0.3 is 16.2 Å². The smallest absolute Gasteiger partial charge is 0.321 e. The zero-order chi connectivity index (χ0) is 27.4. The molecule has 3 heterocycles. The minimum absolute atomic E-state index is 0.00661. The fraction of sp³-hybridized carbons (Fsp3) is 0.286. The number of ether oxygens (including phenoxy) is 2. The van der Waals surface area contributed by atoms with Crippen LogP contribution in [0.4, 0.5) is 5.69 Å². The summed E-state index contributed by atoms with van der Waals surface area (Å²) in [7, 11) is -3.99. The average Bonchev–Trinajstić information content (AvgIpc) is 3.68. The molecule has 9 nitrogen and oxygen atoms in total. The van der Waals surface area contributed by atoms with Crippen molar-refractivity contribution in [2.75, 3.05) is 24.0 Å². The molecule has 0 spiro atoms. The van der Waals surface area contributed by atoms with E-state index in [0.717, 1.165) is 14.7 Å². The van der Waals surface area contributed by atoms with Crippen LogP contribution < -0.4 is 9.04 Å². The van der Waals surface area contributed by atoms with E-state index in [-0.39, 0.29) is 26.3 Å². The predicted molar refractivity (Wildman–Crippen MR) is 149 cm³/mol. The van der Waals surface area contributed by atoms with Crippen LogP contribution in [0.2, 0.25) is 0 Å². The number of fused-ring (bicyclic) bond motifs is 1. The van der Waals surface area contributed by atoms with Crippen molar-refractivity contribution in [3.63, 3.8) is 0 Å². The Labute approximate surface area is 231 Å². The van der Waals surface area contributed by atoms with E-state index in [2.05, 4.69) is 4.98 Å². The number of aryl methyl sites for hydroxylation is 1. The van der Waals surface area contributed by atoms with Crippen LogP contribution in [0.5, 0.6) is 5.75 Å². The van der Waals surface area contributed by atoms with E-state index in [4.69, 9.17) is 13.9 Å². The first kappa shape index (κ1) is 26.9. The Morgan fingerprint density at radius 2 is 1.92 bits per heavy atom. The van der Waals surface area contributed by atoms with E-state index in [1.54, 1.807) is 48.6 Å². The van der Waals surface area contributed by atoms with E-state index >= 15 is 0 Å². The zero-order valence-electron chi connectivity index (χ0n) is 21.7. The summed E-state index contributed by atoms with van der Waals surface area (Å²) < 4.78 is 46.7. The molecule has 11 heteroatoms. The van der Waals surface area contributed by atoms with Crippen LogP contribution in [-0.4, -0.2) is 43.4 Å². The second kappa shape index (κ2) is 11.6. The Morgan fingerprint density at radius 3 is 2.67 bits per heavy atom. The van der Waals surface area contributed by atoms with Gasteiger partial charge in [0.15, 0.2) is 0 Å². The normalized spacial score (nSPS) is 13.1. The second-order valence-electron chi connectivity index (χ2n) is 8.96. The second-order valence-corrected chi connectivity index (χ2v) is 11.8. The van der Waals surface area contributed by atoms with Gasteiger partial charge in [-0.15, -0.1) is 11.3 Å². The van der Waals surface area contributed by atoms with Crippen molar-refractivity contribution in [3.05, 3.63) is 88.6 Å². The molecule has 1 aliphatic heterocycles. The van der Waals surface area contributed by atoms with Gasteiger partial charge < -0.3 is 13.9 Å². The lowest BCUT2D eigenvalue weighted by Gasteiger charge is -2.28. The number of aromatic nitrogens is 1. The van der Waals surface area contributed by atoms with E-state index in [1.807, 2.05) is 42.6 Å². The number of thiophene rings is 1. The summed E-state index contributed by atoms with van der Waals surface area (Å²) in [6.07, 6.45) is 0.620. The van der Waals surface area contributed by atoms with Gasteiger partial charge in [-0.3, -0.25) is 9.10 Å². The van der Waals surface area contributed by atoms with Crippen LogP contribution in [0.15, 0.2) is 70.5 Å². The summed E-state index contributed by atoms with van der Waals surface area (Å²) in [5.74, 6) is 1.27. The number of esters is 1. The molecule has 0 radical (unpaired) electrons. The lowest BCUT2D eigenvalue weighted by molar-refractivity contribution is -0.143. The van der Waals surface area contributed by atoms with Crippen LogP contribution in [0.25, 0.3) is 10.8 Å². The number of benzene rings is 2. The molecule has 0 atom stereocenters. The van der Waals surface area contributed by atoms with Gasteiger partial charge in [-0.05, 0) is 61.0 Å². The molecule has 0 N–H and O–H groups in total. The topological polar surface area (TPSA) is 102 Å². The number of nitrogens with zero attached hydrogens (tertiary/aromatic N) is 3. The Balaban J connectivity index is 1.29. The first-order valence-electron chi connectivity index (χ1n) is 12.6. The Bertz CT molecular complexity index is 1530. The lowest BCUT2D eigenvalue weighted by Crippen LogP contribution is -2.45. The highest BCUT2D eigenvalue weighted by atomic mass is 32.2. The van der Waals surface area contributed by atoms with Gasteiger partial charge in [-0.1, -0.05) is 36.4 Å². The molecule has 4 aromatic rings. The number of oxazole rings is 1. The molecule has 5 rings (SSSR count). The van der Waals surface area contributed by atoms with Gasteiger partial charge in [0.2, 0.25) is 5.89 Å². The van der Waals surface area contributed by atoms with Gasteiger partial charge in [-0.25, -0.2) is 4.98 Å². The third-order valence-corrected chi connectivity index (χ3v) is 9.05. The van der Waals surface area contributed by atoms with Crippen LogP contribution in [0.3, 0.4) is 0 Å². The summed E-state index contributed by atoms with van der Waals surface area (Å²) >= 11 is 1.56. The Kier molecular flexibility index (Phi) is 8.01. The number of anilines is 1. The molecule has 0 saturated heterocycles. The maximum Gasteiger partial charge on any atom is 0.321 e. The molecule has 0 fully saturated rings. The molecular formula is C28H29N3O6S2. The van der Waals surface area contributed by atoms with Crippen LogP contribution in [0, 0.1) is 6.92 Å². The van der Waals surface area contributed by atoms with Gasteiger partial charge in [0.1, 0.15) is 30.4 Å². The standard InChI is InChI=1S/C28H29N3O6S2/c1-3-35-27(32)18-30(39(33,34)31-15-14-22-7-4-5-8-25(22)31)17-21-10-12-23(13-11-21)36-19-24-20(2)37-28(29-24)26-9-6-16-38-26/h4-13,16H,3,14-15,17-19H2,1-2H3. The third-order valence-electron chi connectivity index (χ3n) is 6.34. The summed E-state index contributed by atoms with van der Waals surface area (Å²) in [4.78, 5) is 17.8. The van der Waals surface area contributed by atoms with Crippen molar-refractivity contribution in [3.8, 4) is 16.5 Å². The maximum atomic E-state index is 13.7. The van der Waals surface area contributed by atoms with Crippen molar-refractivity contribution in [2.24, 2.45) is 0 Å². The minimum atomic E-state index is -3.99. The monoisotopic (exact) mass is 567 g/mol. The van der Waals surface area contributed by atoms with Gasteiger partial charge in [0, 0.05) is 13.1 Å². The molecule has 204 valence electrons.